The van der Waals surface area contributed by atoms with Crippen molar-refractivity contribution in [1.82, 2.24) is 14.1 Å². The zero-order valence-corrected chi connectivity index (χ0v) is 17.1. The molecule has 2 saturated heterocycles. The molecule has 2 aliphatic heterocycles. The van der Waals surface area contributed by atoms with Gasteiger partial charge in [0.25, 0.3) is 0 Å². The minimum absolute atomic E-state index is 0.0587. The molecule has 2 aliphatic rings. The fourth-order valence-corrected chi connectivity index (χ4v) is 5.02. The Morgan fingerprint density at radius 1 is 1.00 bits per heavy atom. The summed E-state index contributed by atoms with van der Waals surface area (Å²) in [5, 5.41) is 0. The maximum absolute atomic E-state index is 12.5. The van der Waals surface area contributed by atoms with Gasteiger partial charge >= 0.3 is 0 Å². The summed E-state index contributed by atoms with van der Waals surface area (Å²) in [6.45, 7) is 7.43. The number of carbonyl (C=O) groups excluding carboxylic acids is 1. The lowest BCUT2D eigenvalue weighted by molar-refractivity contribution is -0.131. The zero-order chi connectivity index (χ0) is 19.4. The predicted octanol–water partition coefficient (Wildman–Crippen LogP) is 0.611. The van der Waals surface area contributed by atoms with Crippen molar-refractivity contribution >= 4 is 21.6 Å². The molecule has 8 heteroatoms. The first-order valence-corrected chi connectivity index (χ1v) is 11.2. The molecule has 0 aliphatic carbocycles. The Labute approximate surface area is 162 Å². The number of aryl methyl sites for hydroxylation is 1. The van der Waals surface area contributed by atoms with Crippen molar-refractivity contribution in [3.8, 4) is 0 Å². The number of benzene rings is 1. The van der Waals surface area contributed by atoms with Gasteiger partial charge in [0.05, 0.1) is 5.75 Å². The standard InChI is InChI=1S/C19H30N4O3S/c1-17-4-3-5-18(16-17)21-9-11-22(12-10-21)19(24)6-15-27(25,26)23-13-7-20(2)8-14-23/h3-5,16H,6-15H2,1-2H3. The van der Waals surface area contributed by atoms with Gasteiger partial charge in [-0.25, -0.2) is 8.42 Å². The van der Waals surface area contributed by atoms with Crippen LogP contribution in [0.3, 0.4) is 0 Å². The Kier molecular flexibility index (Phi) is 6.39. The Hall–Kier alpha value is -1.64. The molecule has 0 N–H and O–H groups in total. The average Bonchev–Trinajstić information content (AvgIpc) is 2.67. The van der Waals surface area contributed by atoms with Crippen LogP contribution in [0, 0.1) is 6.92 Å². The third kappa shape index (κ3) is 5.21. The summed E-state index contributed by atoms with van der Waals surface area (Å²) >= 11 is 0. The van der Waals surface area contributed by atoms with Crippen LogP contribution in [0.4, 0.5) is 5.69 Å². The van der Waals surface area contributed by atoms with Gasteiger partial charge in [-0.15, -0.1) is 0 Å². The predicted molar refractivity (Wildman–Crippen MR) is 107 cm³/mol. The molecule has 1 amide bonds. The van der Waals surface area contributed by atoms with Crippen LogP contribution in [0.5, 0.6) is 0 Å². The normalized spacial score (nSPS) is 20.1. The highest BCUT2D eigenvalue weighted by atomic mass is 32.2. The summed E-state index contributed by atoms with van der Waals surface area (Å²) < 4.78 is 26.5. The third-order valence-electron chi connectivity index (χ3n) is 5.43. The molecule has 0 atom stereocenters. The van der Waals surface area contributed by atoms with Crippen LogP contribution in [-0.2, 0) is 14.8 Å². The van der Waals surface area contributed by atoms with Crippen LogP contribution < -0.4 is 4.90 Å². The van der Waals surface area contributed by atoms with Gasteiger partial charge in [-0.05, 0) is 31.7 Å². The van der Waals surface area contributed by atoms with E-state index in [2.05, 4.69) is 34.9 Å². The highest BCUT2D eigenvalue weighted by molar-refractivity contribution is 7.89. The van der Waals surface area contributed by atoms with E-state index in [4.69, 9.17) is 0 Å². The van der Waals surface area contributed by atoms with Crippen LogP contribution >= 0.6 is 0 Å². The first kappa shape index (κ1) is 20.1. The van der Waals surface area contributed by atoms with E-state index in [0.717, 1.165) is 26.2 Å². The molecule has 1 aromatic rings. The summed E-state index contributed by atoms with van der Waals surface area (Å²) in [4.78, 5) is 18.7. The highest BCUT2D eigenvalue weighted by Crippen LogP contribution is 2.18. The second-order valence-electron chi connectivity index (χ2n) is 7.48. The SMILES string of the molecule is Cc1cccc(N2CCN(C(=O)CCS(=O)(=O)N3CCN(C)CC3)CC2)c1. The van der Waals surface area contributed by atoms with Crippen LogP contribution in [0.1, 0.15) is 12.0 Å². The Morgan fingerprint density at radius 2 is 1.67 bits per heavy atom. The van der Waals surface area contributed by atoms with Gasteiger partial charge in [-0.1, -0.05) is 12.1 Å². The van der Waals surface area contributed by atoms with Gasteiger partial charge in [0.15, 0.2) is 0 Å². The van der Waals surface area contributed by atoms with Crippen molar-refractivity contribution in [1.29, 1.82) is 0 Å². The van der Waals surface area contributed by atoms with Gasteiger partial charge in [0.1, 0.15) is 0 Å². The molecule has 27 heavy (non-hydrogen) atoms. The van der Waals surface area contributed by atoms with Crippen molar-refractivity contribution in [2.75, 3.05) is 70.1 Å². The van der Waals surface area contributed by atoms with Crippen molar-refractivity contribution in [2.24, 2.45) is 0 Å². The van der Waals surface area contributed by atoms with E-state index < -0.39 is 10.0 Å². The summed E-state index contributed by atoms with van der Waals surface area (Å²) in [7, 11) is -1.36. The van der Waals surface area contributed by atoms with Gasteiger partial charge in [0, 0.05) is 64.5 Å². The first-order chi connectivity index (χ1) is 12.8. The summed E-state index contributed by atoms with van der Waals surface area (Å²) in [5.41, 5.74) is 2.40. The molecule has 0 saturated carbocycles. The van der Waals surface area contributed by atoms with E-state index in [9.17, 15) is 13.2 Å². The average molecular weight is 395 g/mol. The Balaban J connectivity index is 1.47. The van der Waals surface area contributed by atoms with Crippen LogP contribution in [0.25, 0.3) is 0 Å². The third-order valence-corrected chi connectivity index (χ3v) is 7.30. The summed E-state index contributed by atoms with van der Waals surface area (Å²) in [6.07, 6.45) is 0.0686. The molecule has 2 fully saturated rings. The van der Waals surface area contributed by atoms with E-state index in [0.29, 0.717) is 26.2 Å². The molecule has 7 nitrogen and oxygen atoms in total. The molecular weight excluding hydrogens is 364 g/mol. The lowest BCUT2D eigenvalue weighted by atomic mass is 10.2. The first-order valence-electron chi connectivity index (χ1n) is 9.61. The van der Waals surface area contributed by atoms with Gasteiger partial charge in [-0.2, -0.15) is 4.31 Å². The van der Waals surface area contributed by atoms with Crippen molar-refractivity contribution < 1.29 is 13.2 Å². The largest absolute Gasteiger partial charge is 0.368 e. The molecule has 0 spiro atoms. The number of carbonyl (C=O) groups is 1. The second kappa shape index (κ2) is 8.58. The Bertz CT molecular complexity index is 752. The molecule has 0 aromatic heterocycles. The number of rotatable bonds is 5. The van der Waals surface area contributed by atoms with Crippen LogP contribution in [-0.4, -0.2) is 93.6 Å². The van der Waals surface area contributed by atoms with E-state index in [1.54, 1.807) is 4.90 Å². The molecular formula is C19H30N4O3S. The highest BCUT2D eigenvalue weighted by Gasteiger charge is 2.28. The number of anilines is 1. The lowest BCUT2D eigenvalue weighted by Crippen LogP contribution is -2.50. The minimum atomic E-state index is -3.35. The van der Waals surface area contributed by atoms with Crippen LogP contribution in [0.2, 0.25) is 0 Å². The molecule has 3 rings (SSSR count). The Morgan fingerprint density at radius 3 is 2.30 bits per heavy atom. The summed E-state index contributed by atoms with van der Waals surface area (Å²) in [5.74, 6) is -0.148. The molecule has 0 unspecified atom stereocenters. The lowest BCUT2D eigenvalue weighted by Gasteiger charge is -2.36. The molecule has 0 radical (unpaired) electrons. The zero-order valence-electron chi connectivity index (χ0n) is 16.3. The number of hydrogen-bond acceptors (Lipinski definition) is 5. The molecule has 150 valence electrons. The van der Waals surface area contributed by atoms with E-state index >= 15 is 0 Å². The van der Waals surface area contributed by atoms with E-state index in [-0.39, 0.29) is 18.1 Å². The molecule has 1 aromatic carbocycles. The minimum Gasteiger partial charge on any atom is -0.368 e. The number of piperazine rings is 2. The van der Waals surface area contributed by atoms with E-state index in [1.807, 2.05) is 13.1 Å². The van der Waals surface area contributed by atoms with Crippen molar-refractivity contribution in [3.05, 3.63) is 29.8 Å². The number of hydrogen-bond donors (Lipinski definition) is 0. The van der Waals surface area contributed by atoms with Gasteiger partial charge in [-0.3, -0.25) is 4.79 Å². The topological polar surface area (TPSA) is 64.2 Å². The quantitative estimate of drug-likeness (QED) is 0.732. The maximum Gasteiger partial charge on any atom is 0.223 e. The number of likely N-dealkylation sites (N-methyl/N-ethyl adjacent to an activating group) is 1. The number of nitrogens with zero attached hydrogens (tertiary/aromatic N) is 4. The fourth-order valence-electron chi connectivity index (χ4n) is 3.61. The second-order valence-corrected chi connectivity index (χ2v) is 9.56. The monoisotopic (exact) mass is 394 g/mol. The van der Waals surface area contributed by atoms with Gasteiger partial charge < -0.3 is 14.7 Å². The number of amides is 1. The molecule has 2 heterocycles. The smallest absolute Gasteiger partial charge is 0.223 e. The van der Waals surface area contributed by atoms with Crippen molar-refractivity contribution in [2.45, 2.75) is 13.3 Å². The van der Waals surface area contributed by atoms with Gasteiger partial charge in [0.2, 0.25) is 15.9 Å². The maximum atomic E-state index is 12.5. The van der Waals surface area contributed by atoms with Crippen LogP contribution in [0.15, 0.2) is 24.3 Å². The summed E-state index contributed by atoms with van der Waals surface area (Å²) in [6, 6.07) is 8.36. The fraction of sp³-hybridized carbons (Fsp3) is 0.632. The van der Waals surface area contributed by atoms with Crippen molar-refractivity contribution in [3.63, 3.8) is 0 Å². The molecule has 0 bridgehead atoms. The van der Waals surface area contributed by atoms with E-state index in [1.165, 1.54) is 15.6 Å². The number of sulfonamides is 1.